The van der Waals surface area contributed by atoms with Gasteiger partial charge < -0.3 is 10.5 Å². The zero-order chi connectivity index (χ0) is 12.8. The molecular weight excluding hydrogens is 222 g/mol. The van der Waals surface area contributed by atoms with E-state index in [2.05, 4.69) is 10.1 Å². The molecule has 6 nitrogen and oxygen atoms in total. The lowest BCUT2D eigenvalue weighted by atomic mass is 9.91. The minimum absolute atomic E-state index is 0.209. The van der Waals surface area contributed by atoms with E-state index in [9.17, 15) is 9.59 Å². The quantitative estimate of drug-likeness (QED) is 0.724. The molecule has 1 heterocycles. The number of carbonyl (C=O) groups excluding carboxylic acids is 2. The third kappa shape index (κ3) is 4.70. The summed E-state index contributed by atoms with van der Waals surface area (Å²) < 4.78 is 4.35. The van der Waals surface area contributed by atoms with E-state index in [4.69, 9.17) is 5.73 Å². The van der Waals surface area contributed by atoms with E-state index in [0.29, 0.717) is 5.92 Å². The Hall–Kier alpha value is -1.14. The highest BCUT2D eigenvalue weighted by atomic mass is 16.5. The van der Waals surface area contributed by atoms with E-state index < -0.39 is 6.09 Å². The normalized spacial score (nSPS) is 19.7. The second-order valence-electron chi connectivity index (χ2n) is 4.51. The highest BCUT2D eigenvalue weighted by Crippen LogP contribution is 2.18. The third-order valence-corrected chi connectivity index (χ3v) is 3.17. The molecule has 0 aliphatic carbocycles. The van der Waals surface area contributed by atoms with Crippen molar-refractivity contribution in [2.45, 2.75) is 25.8 Å². The minimum Gasteiger partial charge on any atom is -0.453 e. The molecule has 0 bridgehead atoms. The Balaban J connectivity index is 2.26. The van der Waals surface area contributed by atoms with Crippen LogP contribution in [0.5, 0.6) is 0 Å². The Bertz CT molecular complexity index is 273. The van der Waals surface area contributed by atoms with Crippen LogP contribution in [0.15, 0.2) is 0 Å². The molecule has 1 fully saturated rings. The van der Waals surface area contributed by atoms with Crippen molar-refractivity contribution < 1.29 is 14.3 Å². The highest BCUT2D eigenvalue weighted by molar-refractivity contribution is 5.92. The van der Waals surface area contributed by atoms with Gasteiger partial charge >= 0.3 is 6.09 Å². The summed E-state index contributed by atoms with van der Waals surface area (Å²) >= 11 is 0. The van der Waals surface area contributed by atoms with Gasteiger partial charge in [-0.1, -0.05) is 0 Å². The van der Waals surface area contributed by atoms with Crippen molar-refractivity contribution in [2.75, 3.05) is 26.7 Å². The first-order valence-corrected chi connectivity index (χ1v) is 5.88. The number of piperidine rings is 1. The first-order valence-electron chi connectivity index (χ1n) is 5.88. The fourth-order valence-electron chi connectivity index (χ4n) is 2.04. The SMILES string of the molecule is COC(=O)NC(=O)CN1CCC(C(C)N)CC1. The molecule has 1 unspecified atom stereocenters. The van der Waals surface area contributed by atoms with Crippen molar-refractivity contribution >= 4 is 12.0 Å². The van der Waals surface area contributed by atoms with Gasteiger partial charge in [-0.15, -0.1) is 0 Å². The van der Waals surface area contributed by atoms with Crippen molar-refractivity contribution in [1.82, 2.24) is 10.2 Å². The van der Waals surface area contributed by atoms with Crippen LogP contribution in [0, 0.1) is 5.92 Å². The summed E-state index contributed by atoms with van der Waals surface area (Å²) in [6, 6.07) is 0.209. The smallest absolute Gasteiger partial charge is 0.413 e. The molecule has 2 amide bonds. The van der Waals surface area contributed by atoms with Gasteiger partial charge in [0.25, 0.3) is 0 Å². The van der Waals surface area contributed by atoms with Crippen LogP contribution in [0.1, 0.15) is 19.8 Å². The molecule has 3 N–H and O–H groups in total. The zero-order valence-electron chi connectivity index (χ0n) is 10.4. The summed E-state index contributed by atoms with van der Waals surface area (Å²) in [7, 11) is 1.23. The number of hydrogen-bond acceptors (Lipinski definition) is 5. The van der Waals surface area contributed by atoms with Crippen LogP contribution in [-0.2, 0) is 9.53 Å². The topological polar surface area (TPSA) is 84.7 Å². The Morgan fingerprint density at radius 2 is 2.06 bits per heavy atom. The molecule has 0 radical (unpaired) electrons. The average molecular weight is 243 g/mol. The van der Waals surface area contributed by atoms with E-state index >= 15 is 0 Å². The van der Waals surface area contributed by atoms with Crippen molar-refractivity contribution in [1.29, 1.82) is 0 Å². The maximum absolute atomic E-state index is 11.4. The Kier molecular flexibility index (Phi) is 5.37. The fraction of sp³-hybridized carbons (Fsp3) is 0.818. The van der Waals surface area contributed by atoms with Crippen LogP contribution in [0.2, 0.25) is 0 Å². The summed E-state index contributed by atoms with van der Waals surface area (Å²) in [5.74, 6) is 0.214. The Morgan fingerprint density at radius 1 is 1.47 bits per heavy atom. The van der Waals surface area contributed by atoms with Crippen molar-refractivity contribution in [2.24, 2.45) is 11.7 Å². The van der Waals surface area contributed by atoms with Gasteiger partial charge in [0, 0.05) is 6.04 Å². The first-order chi connectivity index (χ1) is 8.02. The molecule has 1 aliphatic rings. The maximum Gasteiger partial charge on any atom is 0.413 e. The third-order valence-electron chi connectivity index (χ3n) is 3.17. The van der Waals surface area contributed by atoms with Crippen LogP contribution in [0.25, 0.3) is 0 Å². The standard InChI is InChI=1S/C11H21N3O3/c1-8(12)9-3-5-14(6-4-9)7-10(15)13-11(16)17-2/h8-9H,3-7,12H2,1-2H3,(H,13,15,16). The Morgan fingerprint density at radius 3 is 2.53 bits per heavy atom. The number of likely N-dealkylation sites (tertiary alicyclic amines) is 1. The number of ether oxygens (including phenoxy) is 1. The predicted molar refractivity (Wildman–Crippen MR) is 63.4 cm³/mol. The molecule has 0 saturated carbocycles. The first kappa shape index (κ1) is 13.9. The summed E-state index contributed by atoms with van der Waals surface area (Å²) in [6.45, 7) is 3.95. The number of alkyl carbamates (subject to hydrolysis) is 1. The van der Waals surface area contributed by atoms with E-state index in [-0.39, 0.29) is 18.5 Å². The minimum atomic E-state index is -0.708. The molecule has 17 heavy (non-hydrogen) atoms. The van der Waals surface area contributed by atoms with Gasteiger partial charge in [-0.3, -0.25) is 15.0 Å². The molecule has 98 valence electrons. The molecule has 1 saturated heterocycles. The molecule has 0 aromatic carbocycles. The molecule has 6 heteroatoms. The van der Waals surface area contributed by atoms with Gasteiger partial charge in [0.15, 0.2) is 0 Å². The summed E-state index contributed by atoms with van der Waals surface area (Å²) in [6.07, 6.45) is 1.30. The van der Waals surface area contributed by atoms with Gasteiger partial charge in [-0.2, -0.15) is 0 Å². The van der Waals surface area contributed by atoms with E-state index in [0.717, 1.165) is 25.9 Å². The second-order valence-corrected chi connectivity index (χ2v) is 4.51. The molecule has 0 spiro atoms. The number of amides is 2. The van der Waals surface area contributed by atoms with E-state index in [1.807, 2.05) is 11.8 Å². The molecule has 1 aliphatic heterocycles. The van der Waals surface area contributed by atoms with Gasteiger partial charge in [0.2, 0.25) is 5.91 Å². The van der Waals surface area contributed by atoms with Crippen LogP contribution in [0.3, 0.4) is 0 Å². The molecule has 0 aromatic heterocycles. The maximum atomic E-state index is 11.4. The van der Waals surface area contributed by atoms with Gasteiger partial charge in [-0.05, 0) is 38.8 Å². The second kappa shape index (κ2) is 6.56. The number of carbonyl (C=O) groups is 2. The molecule has 0 aromatic rings. The molecule has 1 atom stereocenters. The van der Waals surface area contributed by atoms with Crippen LogP contribution in [0.4, 0.5) is 4.79 Å². The van der Waals surface area contributed by atoms with Crippen LogP contribution >= 0.6 is 0 Å². The summed E-state index contributed by atoms with van der Waals surface area (Å²) in [5, 5.41) is 2.14. The van der Waals surface area contributed by atoms with Gasteiger partial charge in [-0.25, -0.2) is 4.79 Å². The van der Waals surface area contributed by atoms with Gasteiger partial charge in [0.05, 0.1) is 13.7 Å². The van der Waals surface area contributed by atoms with Crippen molar-refractivity contribution in [3.63, 3.8) is 0 Å². The largest absolute Gasteiger partial charge is 0.453 e. The molecular formula is C11H21N3O3. The van der Waals surface area contributed by atoms with Crippen LogP contribution < -0.4 is 11.1 Å². The monoisotopic (exact) mass is 243 g/mol. The van der Waals surface area contributed by atoms with E-state index in [1.54, 1.807) is 0 Å². The lowest BCUT2D eigenvalue weighted by Crippen LogP contribution is -2.45. The zero-order valence-corrected chi connectivity index (χ0v) is 10.4. The number of rotatable bonds is 3. The number of imide groups is 1. The predicted octanol–water partition coefficient (Wildman–Crippen LogP) is -0.0718. The molecule has 1 rings (SSSR count). The summed E-state index contributed by atoms with van der Waals surface area (Å²) in [5.41, 5.74) is 5.84. The number of nitrogens with one attached hydrogen (secondary N) is 1. The Labute approximate surface area is 101 Å². The summed E-state index contributed by atoms with van der Waals surface area (Å²) in [4.78, 5) is 24.3. The lowest BCUT2D eigenvalue weighted by molar-refractivity contribution is -0.121. The van der Waals surface area contributed by atoms with E-state index in [1.165, 1.54) is 7.11 Å². The lowest BCUT2D eigenvalue weighted by Gasteiger charge is -2.33. The number of hydrogen-bond donors (Lipinski definition) is 2. The average Bonchev–Trinajstić information content (AvgIpc) is 2.29. The van der Waals surface area contributed by atoms with Crippen molar-refractivity contribution in [3.8, 4) is 0 Å². The number of nitrogens with zero attached hydrogens (tertiary/aromatic N) is 1. The fourth-order valence-corrected chi connectivity index (χ4v) is 2.04. The number of nitrogens with two attached hydrogens (primary N) is 1. The van der Waals surface area contributed by atoms with Crippen LogP contribution in [-0.4, -0.2) is 49.7 Å². The van der Waals surface area contributed by atoms with Crippen molar-refractivity contribution in [3.05, 3.63) is 0 Å². The highest BCUT2D eigenvalue weighted by Gasteiger charge is 2.23. The van der Waals surface area contributed by atoms with Gasteiger partial charge in [0.1, 0.15) is 0 Å². The number of methoxy groups -OCH3 is 1.